The molecular weight excluding hydrogens is 194 g/mol. The van der Waals surface area contributed by atoms with E-state index in [-0.39, 0.29) is 6.61 Å². The summed E-state index contributed by atoms with van der Waals surface area (Å²) in [5.41, 5.74) is -0.568. The molecule has 0 aliphatic carbocycles. The van der Waals surface area contributed by atoms with E-state index >= 15 is 0 Å². The first-order chi connectivity index (χ1) is 7.13. The molecule has 0 spiro atoms. The Hall–Kier alpha value is -1.21. The Morgan fingerprint density at radius 1 is 1.67 bits per heavy atom. The number of aliphatic hydroxyl groups excluding tert-OH is 1. The van der Waals surface area contributed by atoms with Gasteiger partial charge in [-0.3, -0.25) is 4.90 Å². The average Bonchev–Trinajstić information content (AvgIpc) is 2.64. The van der Waals surface area contributed by atoms with Crippen LogP contribution in [0.3, 0.4) is 0 Å². The van der Waals surface area contributed by atoms with Crippen molar-refractivity contribution in [1.29, 1.82) is 0 Å². The molecule has 0 aromatic carbocycles. The molecule has 1 unspecified atom stereocenters. The van der Waals surface area contributed by atoms with Crippen LogP contribution in [0.1, 0.15) is 26.7 Å². The van der Waals surface area contributed by atoms with Gasteiger partial charge in [0.05, 0.1) is 13.2 Å². The van der Waals surface area contributed by atoms with Gasteiger partial charge in [0.1, 0.15) is 11.6 Å². The molecule has 1 atom stereocenters. The molecular formula is C11H17NO3. The van der Waals surface area contributed by atoms with E-state index in [0.29, 0.717) is 19.4 Å². The van der Waals surface area contributed by atoms with Crippen LogP contribution < -0.4 is 0 Å². The minimum atomic E-state index is -0.568. The van der Waals surface area contributed by atoms with E-state index in [1.165, 1.54) is 0 Å². The van der Waals surface area contributed by atoms with Crippen molar-refractivity contribution in [3.63, 3.8) is 0 Å². The van der Waals surface area contributed by atoms with Crippen LogP contribution in [-0.2, 0) is 4.74 Å². The molecule has 1 N–H and O–H groups in total. The molecule has 1 rings (SSSR count). The third kappa shape index (κ3) is 1.93. The van der Waals surface area contributed by atoms with Crippen molar-refractivity contribution in [3.05, 3.63) is 0 Å². The third-order valence-electron chi connectivity index (χ3n) is 3.03. The van der Waals surface area contributed by atoms with Crippen LogP contribution in [0.4, 0.5) is 4.79 Å². The Bertz CT molecular complexity index is 278. The molecule has 0 aromatic rings. The second-order valence-corrected chi connectivity index (χ2v) is 3.68. The Morgan fingerprint density at radius 2 is 2.27 bits per heavy atom. The van der Waals surface area contributed by atoms with Crippen LogP contribution >= 0.6 is 0 Å². The molecule has 4 nitrogen and oxygen atoms in total. The first-order valence-electron chi connectivity index (χ1n) is 5.20. The van der Waals surface area contributed by atoms with Gasteiger partial charge in [-0.05, 0) is 12.8 Å². The fourth-order valence-electron chi connectivity index (χ4n) is 1.88. The van der Waals surface area contributed by atoms with Crippen LogP contribution in [0, 0.1) is 12.3 Å². The molecule has 0 bridgehead atoms. The number of carbonyl (C=O) groups is 1. The summed E-state index contributed by atoms with van der Waals surface area (Å²) in [5.74, 6) is 2.68. The zero-order chi connectivity index (χ0) is 11.5. The highest BCUT2D eigenvalue weighted by atomic mass is 16.6. The quantitative estimate of drug-likeness (QED) is 0.705. The summed E-state index contributed by atoms with van der Waals surface area (Å²) in [5, 5.41) is 8.93. The first kappa shape index (κ1) is 11.9. The van der Waals surface area contributed by atoms with Crippen LogP contribution in [0.15, 0.2) is 0 Å². The number of cyclic esters (lactones) is 1. The largest absolute Gasteiger partial charge is 0.442 e. The van der Waals surface area contributed by atoms with Gasteiger partial charge in [-0.1, -0.05) is 19.8 Å². The maximum absolute atomic E-state index is 11.6. The lowest BCUT2D eigenvalue weighted by Crippen LogP contribution is -2.47. The number of hydrogen-bond acceptors (Lipinski definition) is 3. The highest BCUT2D eigenvalue weighted by Gasteiger charge is 2.42. The maximum atomic E-state index is 11.6. The zero-order valence-corrected chi connectivity index (χ0v) is 9.19. The SMILES string of the molecule is C#CC(CC)(CC)N1CC(CO)OC1=O. The van der Waals surface area contributed by atoms with Crippen LogP contribution in [0.2, 0.25) is 0 Å². The molecule has 1 heterocycles. The highest BCUT2D eigenvalue weighted by Crippen LogP contribution is 2.28. The summed E-state index contributed by atoms with van der Waals surface area (Å²) in [7, 11) is 0. The van der Waals surface area contributed by atoms with Gasteiger partial charge in [-0.15, -0.1) is 6.42 Å². The number of aliphatic hydroxyl groups is 1. The number of carbonyl (C=O) groups excluding carboxylic acids is 1. The van der Waals surface area contributed by atoms with Crippen molar-refractivity contribution in [2.75, 3.05) is 13.2 Å². The van der Waals surface area contributed by atoms with Crippen LogP contribution in [0.25, 0.3) is 0 Å². The van der Waals surface area contributed by atoms with E-state index in [1.54, 1.807) is 4.90 Å². The molecule has 4 heteroatoms. The van der Waals surface area contributed by atoms with E-state index in [1.807, 2.05) is 13.8 Å². The van der Waals surface area contributed by atoms with E-state index in [4.69, 9.17) is 16.3 Å². The number of terminal acetylenes is 1. The van der Waals surface area contributed by atoms with Gasteiger partial charge in [0, 0.05) is 0 Å². The Labute approximate surface area is 90.2 Å². The summed E-state index contributed by atoms with van der Waals surface area (Å²) < 4.78 is 4.98. The summed E-state index contributed by atoms with van der Waals surface area (Å²) in [4.78, 5) is 13.1. The lowest BCUT2D eigenvalue weighted by molar-refractivity contribution is 0.0924. The fourth-order valence-corrected chi connectivity index (χ4v) is 1.88. The first-order valence-corrected chi connectivity index (χ1v) is 5.20. The van der Waals surface area contributed by atoms with E-state index in [2.05, 4.69) is 5.92 Å². The molecule has 1 aliphatic rings. The predicted molar refractivity (Wildman–Crippen MR) is 56.2 cm³/mol. The third-order valence-corrected chi connectivity index (χ3v) is 3.03. The second kappa shape index (κ2) is 4.54. The second-order valence-electron chi connectivity index (χ2n) is 3.68. The molecule has 1 saturated heterocycles. The van der Waals surface area contributed by atoms with Crippen LogP contribution in [0.5, 0.6) is 0 Å². The van der Waals surface area contributed by atoms with Crippen molar-refractivity contribution in [3.8, 4) is 12.3 Å². The van der Waals surface area contributed by atoms with Crippen molar-refractivity contribution >= 4 is 6.09 Å². The van der Waals surface area contributed by atoms with Gasteiger partial charge in [0.2, 0.25) is 0 Å². The molecule has 84 valence electrons. The van der Waals surface area contributed by atoms with E-state index in [9.17, 15) is 4.79 Å². The summed E-state index contributed by atoms with van der Waals surface area (Å²) >= 11 is 0. The van der Waals surface area contributed by atoms with Gasteiger partial charge >= 0.3 is 6.09 Å². The summed E-state index contributed by atoms with van der Waals surface area (Å²) in [6.07, 6.45) is 6.01. The molecule has 1 amide bonds. The Kier molecular flexibility index (Phi) is 3.59. The molecule has 1 fully saturated rings. The minimum Gasteiger partial charge on any atom is -0.442 e. The molecule has 0 saturated carbocycles. The summed E-state index contributed by atoms with van der Waals surface area (Å²) in [6, 6.07) is 0. The molecule has 0 radical (unpaired) electrons. The zero-order valence-electron chi connectivity index (χ0n) is 9.19. The van der Waals surface area contributed by atoms with Gasteiger partial charge in [-0.25, -0.2) is 4.79 Å². The predicted octanol–water partition coefficient (Wildman–Crippen LogP) is 0.992. The smallest absolute Gasteiger partial charge is 0.411 e. The lowest BCUT2D eigenvalue weighted by Gasteiger charge is -2.34. The topological polar surface area (TPSA) is 49.8 Å². The van der Waals surface area contributed by atoms with Crippen LogP contribution in [-0.4, -0.2) is 40.9 Å². The monoisotopic (exact) mass is 211 g/mol. The molecule has 15 heavy (non-hydrogen) atoms. The van der Waals surface area contributed by atoms with Crippen molar-refractivity contribution in [2.24, 2.45) is 0 Å². The van der Waals surface area contributed by atoms with Gasteiger partial charge < -0.3 is 9.84 Å². The van der Waals surface area contributed by atoms with E-state index < -0.39 is 17.7 Å². The normalized spacial score (nSPS) is 21.3. The van der Waals surface area contributed by atoms with E-state index in [0.717, 1.165) is 0 Å². The number of ether oxygens (including phenoxy) is 1. The number of hydrogen-bond donors (Lipinski definition) is 1. The fraction of sp³-hybridized carbons (Fsp3) is 0.727. The standard InChI is InChI=1S/C11H17NO3/c1-4-11(5-2,6-3)12-7-9(8-13)15-10(12)14/h1,9,13H,5-8H2,2-3H3. The Morgan fingerprint density at radius 3 is 2.60 bits per heavy atom. The van der Waals surface area contributed by atoms with Crippen molar-refractivity contribution in [2.45, 2.75) is 38.3 Å². The van der Waals surface area contributed by atoms with Crippen molar-refractivity contribution < 1.29 is 14.6 Å². The Balaban J connectivity index is 2.87. The van der Waals surface area contributed by atoms with Gasteiger partial charge in [-0.2, -0.15) is 0 Å². The summed E-state index contributed by atoms with van der Waals surface area (Å²) in [6.45, 7) is 4.11. The molecule has 1 aliphatic heterocycles. The number of amides is 1. The number of nitrogens with zero attached hydrogens (tertiary/aromatic N) is 1. The number of rotatable bonds is 4. The van der Waals surface area contributed by atoms with Gasteiger partial charge in [0.25, 0.3) is 0 Å². The highest BCUT2D eigenvalue weighted by molar-refractivity contribution is 5.71. The maximum Gasteiger partial charge on any atom is 0.411 e. The average molecular weight is 211 g/mol. The molecule has 0 aromatic heterocycles. The minimum absolute atomic E-state index is 0.156. The lowest BCUT2D eigenvalue weighted by atomic mass is 9.92. The van der Waals surface area contributed by atoms with Gasteiger partial charge in [0.15, 0.2) is 0 Å². The van der Waals surface area contributed by atoms with Crippen molar-refractivity contribution in [1.82, 2.24) is 4.90 Å².